The van der Waals surface area contributed by atoms with Gasteiger partial charge in [0.2, 0.25) is 0 Å². The SMILES string of the molecule is CP(=O)(O)P(=O)(O)O.NCCCO. The number of aliphatic hydroxyl groups is 1. The molecule has 0 fully saturated rings. The van der Waals surface area contributed by atoms with Crippen molar-refractivity contribution < 1.29 is 28.9 Å². The molecule has 7 nitrogen and oxygen atoms in total. The molecule has 0 aliphatic heterocycles. The molecule has 0 aromatic heterocycles. The lowest BCUT2D eigenvalue weighted by Gasteiger charge is -2.04. The minimum absolute atomic E-state index is 0.219. The fourth-order valence-electron chi connectivity index (χ4n) is 0.0913. The maximum Gasteiger partial charge on any atom is 0.407 e. The average Bonchev–Trinajstić information content (AvgIpc) is 1.85. The van der Waals surface area contributed by atoms with Crippen molar-refractivity contribution in [3.05, 3.63) is 0 Å². The molecule has 0 radical (unpaired) electrons. The van der Waals surface area contributed by atoms with Crippen molar-refractivity contribution in [1.29, 1.82) is 0 Å². The Labute approximate surface area is 76.1 Å². The van der Waals surface area contributed by atoms with Crippen LogP contribution in [-0.4, -0.2) is 39.6 Å². The standard InChI is InChI=1S/C3H9NO.CH6O5P2/c4-2-1-3-5;1-7(2,3)8(4,5)6/h5H,1-4H2;1H3,(H,2,3)(H2,4,5,6). The summed E-state index contributed by atoms with van der Waals surface area (Å²) < 4.78 is 19.9. The van der Waals surface area contributed by atoms with E-state index >= 15 is 0 Å². The zero-order chi connectivity index (χ0) is 11.1. The highest BCUT2D eigenvalue weighted by Gasteiger charge is 2.33. The quantitative estimate of drug-likeness (QED) is 0.407. The van der Waals surface area contributed by atoms with Crippen molar-refractivity contribution in [2.75, 3.05) is 19.8 Å². The van der Waals surface area contributed by atoms with Gasteiger partial charge in [0.05, 0.1) is 0 Å². The molecule has 0 aliphatic carbocycles. The molecule has 0 saturated heterocycles. The van der Waals surface area contributed by atoms with Gasteiger partial charge in [0, 0.05) is 13.3 Å². The molecule has 9 heteroatoms. The number of rotatable bonds is 3. The molecule has 1 atom stereocenters. The van der Waals surface area contributed by atoms with Gasteiger partial charge in [-0.2, -0.15) is 0 Å². The van der Waals surface area contributed by atoms with Crippen molar-refractivity contribution in [1.82, 2.24) is 0 Å². The van der Waals surface area contributed by atoms with Crippen molar-refractivity contribution in [2.24, 2.45) is 5.73 Å². The number of nitrogens with two attached hydrogens (primary N) is 1. The average molecular weight is 235 g/mol. The predicted molar refractivity (Wildman–Crippen MR) is 48.6 cm³/mol. The predicted octanol–water partition coefficient (Wildman–Crippen LogP) is -0.693. The monoisotopic (exact) mass is 235 g/mol. The van der Waals surface area contributed by atoms with Crippen molar-refractivity contribution in [3.8, 4) is 0 Å². The van der Waals surface area contributed by atoms with Gasteiger partial charge in [0.25, 0.3) is 0 Å². The second-order valence-corrected chi connectivity index (χ2v) is 8.70. The second-order valence-electron chi connectivity index (χ2n) is 2.21. The summed E-state index contributed by atoms with van der Waals surface area (Å²) in [5.74, 6) is 0. The molecule has 13 heavy (non-hydrogen) atoms. The van der Waals surface area contributed by atoms with Crippen LogP contribution in [0.15, 0.2) is 0 Å². The Morgan fingerprint density at radius 2 is 1.54 bits per heavy atom. The summed E-state index contributed by atoms with van der Waals surface area (Å²) in [6.07, 6.45) is 0.722. The molecule has 82 valence electrons. The van der Waals surface area contributed by atoms with E-state index in [2.05, 4.69) is 0 Å². The molecule has 0 heterocycles. The molecule has 0 saturated carbocycles. The molecule has 1 unspecified atom stereocenters. The van der Waals surface area contributed by atoms with Crippen molar-refractivity contribution in [3.63, 3.8) is 0 Å². The Kier molecular flexibility index (Phi) is 8.07. The van der Waals surface area contributed by atoms with Crippen LogP contribution in [0, 0.1) is 0 Å². The van der Waals surface area contributed by atoms with E-state index in [0.29, 0.717) is 13.2 Å². The van der Waals surface area contributed by atoms with Gasteiger partial charge in [0.15, 0.2) is 0 Å². The van der Waals surface area contributed by atoms with E-state index < -0.39 is 14.3 Å². The maximum absolute atomic E-state index is 10.0. The summed E-state index contributed by atoms with van der Waals surface area (Å²) in [5.41, 5.74) is 4.98. The van der Waals surface area contributed by atoms with Gasteiger partial charge in [-0.05, 0) is 13.0 Å². The van der Waals surface area contributed by atoms with Gasteiger partial charge in [-0.25, -0.2) is 4.57 Å². The minimum Gasteiger partial charge on any atom is -0.396 e. The molecule has 0 bridgehead atoms. The van der Waals surface area contributed by atoms with Gasteiger partial charge in [-0.15, -0.1) is 0 Å². The third-order valence-electron chi connectivity index (χ3n) is 0.846. The third-order valence-corrected chi connectivity index (χ3v) is 4.71. The van der Waals surface area contributed by atoms with Crippen LogP contribution in [0.3, 0.4) is 0 Å². The van der Waals surface area contributed by atoms with Crippen molar-refractivity contribution >= 4 is 14.3 Å². The van der Waals surface area contributed by atoms with E-state index in [1.165, 1.54) is 0 Å². The summed E-state index contributed by atoms with van der Waals surface area (Å²) in [5, 5.41) is 7.99. The van der Waals surface area contributed by atoms with E-state index in [4.69, 9.17) is 25.5 Å². The molecule has 6 N–H and O–H groups in total. The van der Waals surface area contributed by atoms with Crippen LogP contribution in [0.1, 0.15) is 6.42 Å². The van der Waals surface area contributed by atoms with Gasteiger partial charge in [-0.3, -0.25) is 4.57 Å². The van der Waals surface area contributed by atoms with Gasteiger partial charge in [0.1, 0.15) is 0 Å². The molecule has 0 amide bonds. The lowest BCUT2D eigenvalue weighted by Crippen LogP contribution is -1.99. The summed E-state index contributed by atoms with van der Waals surface area (Å²) in [6.45, 7) is 1.43. The van der Waals surface area contributed by atoms with Crippen LogP contribution >= 0.6 is 14.3 Å². The molecule has 0 aromatic carbocycles. The summed E-state index contributed by atoms with van der Waals surface area (Å²) in [6, 6.07) is 0. The molecular weight excluding hydrogens is 220 g/mol. The molecule has 0 aromatic rings. The second kappa shape index (κ2) is 6.68. The van der Waals surface area contributed by atoms with Crippen LogP contribution in [0.25, 0.3) is 0 Å². The van der Waals surface area contributed by atoms with Gasteiger partial charge < -0.3 is 25.5 Å². The highest BCUT2D eigenvalue weighted by Crippen LogP contribution is 2.71. The van der Waals surface area contributed by atoms with Gasteiger partial charge in [-0.1, -0.05) is 0 Å². The van der Waals surface area contributed by atoms with Gasteiger partial charge >= 0.3 is 14.3 Å². The van der Waals surface area contributed by atoms with E-state index in [-0.39, 0.29) is 6.61 Å². The van der Waals surface area contributed by atoms with E-state index in [1.807, 2.05) is 0 Å². The van der Waals surface area contributed by atoms with E-state index in [9.17, 15) is 9.13 Å². The Morgan fingerprint density at radius 3 is 1.54 bits per heavy atom. The summed E-state index contributed by atoms with van der Waals surface area (Å²) in [4.78, 5) is 24.1. The Hall–Kier alpha value is 0.260. The van der Waals surface area contributed by atoms with Crippen LogP contribution in [0.5, 0.6) is 0 Å². The molecule has 0 rings (SSSR count). The topological polar surface area (TPSA) is 141 Å². The molecule has 0 spiro atoms. The minimum atomic E-state index is -4.74. The summed E-state index contributed by atoms with van der Waals surface area (Å²) in [7, 11) is -8.92. The number of hydrogen-bond acceptors (Lipinski definition) is 4. The smallest absolute Gasteiger partial charge is 0.396 e. The number of hydrogen-bond donors (Lipinski definition) is 5. The first-order valence-corrected chi connectivity index (χ1v) is 7.76. The number of aliphatic hydroxyl groups excluding tert-OH is 1. The normalized spacial score (nSPS) is 15.5. The fourth-order valence-corrected chi connectivity index (χ4v) is 0.0913. The lowest BCUT2D eigenvalue weighted by atomic mass is 10.5. The van der Waals surface area contributed by atoms with Crippen molar-refractivity contribution in [2.45, 2.75) is 6.42 Å². The van der Waals surface area contributed by atoms with Crippen LogP contribution in [-0.2, 0) is 9.13 Å². The lowest BCUT2D eigenvalue weighted by molar-refractivity contribution is 0.291. The highest BCUT2D eigenvalue weighted by molar-refractivity contribution is 8.28. The first kappa shape index (κ1) is 15.7. The van der Waals surface area contributed by atoms with Crippen LogP contribution in [0.2, 0.25) is 0 Å². The Bertz CT molecular complexity index is 185. The first-order valence-electron chi connectivity index (χ1n) is 3.34. The van der Waals surface area contributed by atoms with Crippen LogP contribution in [0.4, 0.5) is 0 Å². The highest BCUT2D eigenvalue weighted by atomic mass is 32.1. The zero-order valence-corrected chi connectivity index (χ0v) is 8.99. The Balaban J connectivity index is 0. The molecule has 0 aliphatic rings. The first-order chi connectivity index (χ1) is 5.66. The summed E-state index contributed by atoms with van der Waals surface area (Å²) >= 11 is 0. The molecular formula is C4H15NO6P2. The van der Waals surface area contributed by atoms with E-state index in [0.717, 1.165) is 6.42 Å². The zero-order valence-electron chi connectivity index (χ0n) is 7.20. The Morgan fingerprint density at radius 1 is 1.23 bits per heavy atom. The maximum atomic E-state index is 10.0. The third kappa shape index (κ3) is 10.2. The fraction of sp³-hybridized carbons (Fsp3) is 1.00. The van der Waals surface area contributed by atoms with E-state index in [1.54, 1.807) is 0 Å². The van der Waals surface area contributed by atoms with Crippen LogP contribution < -0.4 is 5.73 Å². The largest absolute Gasteiger partial charge is 0.407 e.